The SMILES string of the molecule is COC(=O)[C@@H](Oc1ccc2c(=O)c(-c3ccc(OCC(=O)OCC(=O)O)cc3)coc2c1)C(=O)O. The van der Waals surface area contributed by atoms with E-state index in [-0.39, 0.29) is 33.5 Å². The summed E-state index contributed by atoms with van der Waals surface area (Å²) in [4.78, 5) is 57.5. The van der Waals surface area contributed by atoms with Crippen molar-refractivity contribution in [1.29, 1.82) is 0 Å². The fourth-order valence-electron chi connectivity index (χ4n) is 2.88. The molecule has 182 valence electrons. The first-order chi connectivity index (χ1) is 16.7. The molecule has 0 aliphatic heterocycles. The van der Waals surface area contributed by atoms with E-state index in [2.05, 4.69) is 9.47 Å². The first kappa shape index (κ1) is 24.8. The first-order valence-electron chi connectivity index (χ1n) is 9.83. The van der Waals surface area contributed by atoms with E-state index >= 15 is 0 Å². The Labute approximate surface area is 196 Å². The van der Waals surface area contributed by atoms with E-state index in [0.717, 1.165) is 7.11 Å². The molecule has 0 fully saturated rings. The second-order valence-corrected chi connectivity index (χ2v) is 6.86. The number of fused-ring (bicyclic) bond motifs is 1. The molecule has 12 nitrogen and oxygen atoms in total. The maximum Gasteiger partial charge on any atom is 0.359 e. The molecule has 0 aliphatic carbocycles. The van der Waals surface area contributed by atoms with E-state index in [1.54, 1.807) is 12.1 Å². The highest BCUT2D eigenvalue weighted by molar-refractivity contribution is 5.97. The minimum Gasteiger partial charge on any atom is -0.482 e. The number of carbonyl (C=O) groups is 4. The molecule has 2 aromatic carbocycles. The Bertz CT molecular complexity index is 1320. The molecule has 1 atom stereocenters. The van der Waals surface area contributed by atoms with E-state index < -0.39 is 43.2 Å². The third kappa shape index (κ3) is 6.13. The van der Waals surface area contributed by atoms with Crippen LogP contribution in [0.3, 0.4) is 0 Å². The van der Waals surface area contributed by atoms with Crippen molar-refractivity contribution >= 4 is 34.8 Å². The Morgan fingerprint density at radius 2 is 1.66 bits per heavy atom. The predicted molar refractivity (Wildman–Crippen MR) is 116 cm³/mol. The molecule has 35 heavy (non-hydrogen) atoms. The van der Waals surface area contributed by atoms with Gasteiger partial charge in [-0.3, -0.25) is 4.79 Å². The largest absolute Gasteiger partial charge is 0.482 e. The van der Waals surface area contributed by atoms with Crippen molar-refractivity contribution in [2.45, 2.75) is 6.10 Å². The van der Waals surface area contributed by atoms with Crippen LogP contribution >= 0.6 is 0 Å². The molecule has 0 saturated heterocycles. The zero-order valence-corrected chi connectivity index (χ0v) is 18.1. The number of benzene rings is 2. The molecule has 0 bridgehead atoms. The Hall–Kier alpha value is -4.87. The van der Waals surface area contributed by atoms with Crippen LogP contribution < -0.4 is 14.9 Å². The van der Waals surface area contributed by atoms with Gasteiger partial charge in [-0.1, -0.05) is 12.1 Å². The van der Waals surface area contributed by atoms with Gasteiger partial charge in [0.05, 0.1) is 18.1 Å². The van der Waals surface area contributed by atoms with Gasteiger partial charge in [0.1, 0.15) is 23.3 Å². The molecular weight excluding hydrogens is 468 g/mol. The maximum absolute atomic E-state index is 12.9. The molecule has 0 radical (unpaired) electrons. The van der Waals surface area contributed by atoms with Crippen LogP contribution in [0.4, 0.5) is 0 Å². The topological polar surface area (TPSA) is 176 Å². The monoisotopic (exact) mass is 486 g/mol. The number of ether oxygens (including phenoxy) is 4. The van der Waals surface area contributed by atoms with E-state index in [9.17, 15) is 24.0 Å². The molecule has 0 unspecified atom stereocenters. The van der Waals surface area contributed by atoms with Crippen molar-refractivity contribution < 1.29 is 52.8 Å². The van der Waals surface area contributed by atoms with E-state index in [4.69, 9.17) is 24.1 Å². The fourth-order valence-corrected chi connectivity index (χ4v) is 2.88. The zero-order valence-electron chi connectivity index (χ0n) is 18.1. The average molecular weight is 486 g/mol. The number of hydrogen-bond acceptors (Lipinski definition) is 10. The lowest BCUT2D eigenvalue weighted by atomic mass is 10.1. The van der Waals surface area contributed by atoms with Crippen LogP contribution in [0.1, 0.15) is 0 Å². The van der Waals surface area contributed by atoms with E-state index in [0.29, 0.717) is 5.56 Å². The van der Waals surface area contributed by atoms with Gasteiger partial charge >= 0.3 is 23.9 Å². The standard InChI is InChI=1S/C23H18O12/c1-31-23(30)21(22(28)29)35-14-6-7-15-17(8-14)33-9-16(20(15)27)12-2-4-13(5-3-12)32-11-19(26)34-10-18(24)25/h2-9,21H,10-11H2,1H3,(H,24,25)(H,28,29)/t21-/m0/s1. The highest BCUT2D eigenvalue weighted by atomic mass is 16.6. The summed E-state index contributed by atoms with van der Waals surface area (Å²) in [7, 11) is 1.03. The molecule has 3 aromatic rings. The van der Waals surface area contributed by atoms with Crippen LogP contribution in [0, 0.1) is 0 Å². The van der Waals surface area contributed by atoms with Gasteiger partial charge in [-0.25, -0.2) is 19.2 Å². The Balaban J connectivity index is 1.76. The normalized spacial score (nSPS) is 11.3. The Morgan fingerprint density at radius 3 is 2.29 bits per heavy atom. The summed E-state index contributed by atoms with van der Waals surface area (Å²) in [6.07, 6.45) is -0.675. The van der Waals surface area contributed by atoms with Gasteiger partial charge in [0, 0.05) is 6.07 Å². The third-order valence-corrected chi connectivity index (χ3v) is 4.52. The predicted octanol–water partition coefficient (Wildman–Crippen LogP) is 1.47. The van der Waals surface area contributed by atoms with Gasteiger partial charge in [0.2, 0.25) is 0 Å². The van der Waals surface area contributed by atoms with Crippen LogP contribution in [0.25, 0.3) is 22.1 Å². The minimum absolute atomic E-state index is 0.0189. The van der Waals surface area contributed by atoms with Gasteiger partial charge in [-0.2, -0.15) is 0 Å². The second-order valence-electron chi connectivity index (χ2n) is 6.86. The lowest BCUT2D eigenvalue weighted by molar-refractivity contribution is -0.161. The minimum atomic E-state index is -1.89. The van der Waals surface area contributed by atoms with Crippen LogP contribution in [0.2, 0.25) is 0 Å². The molecule has 3 rings (SSSR count). The molecular formula is C23H18O12. The number of carboxylic acid groups (broad SMARTS) is 2. The van der Waals surface area contributed by atoms with Crippen molar-refractivity contribution in [3.05, 3.63) is 59.0 Å². The highest BCUT2D eigenvalue weighted by Crippen LogP contribution is 2.25. The molecule has 2 N–H and O–H groups in total. The maximum atomic E-state index is 12.9. The molecule has 0 amide bonds. The molecule has 0 saturated carbocycles. The summed E-state index contributed by atoms with van der Waals surface area (Å²) >= 11 is 0. The van der Waals surface area contributed by atoms with Gasteiger partial charge in [0.15, 0.2) is 18.6 Å². The van der Waals surface area contributed by atoms with Gasteiger partial charge in [-0.05, 0) is 29.8 Å². The lowest BCUT2D eigenvalue weighted by Gasteiger charge is -2.13. The smallest absolute Gasteiger partial charge is 0.359 e. The summed E-state index contributed by atoms with van der Waals surface area (Å²) in [6, 6.07) is 10.1. The van der Waals surface area contributed by atoms with E-state index in [1.165, 1.54) is 36.6 Å². The van der Waals surface area contributed by atoms with Crippen molar-refractivity contribution in [3.63, 3.8) is 0 Å². The summed E-state index contributed by atoms with van der Waals surface area (Å²) in [5.41, 5.74) is 0.423. The first-order valence-corrected chi connectivity index (χ1v) is 9.83. The molecule has 0 spiro atoms. The molecule has 0 aliphatic rings. The fraction of sp³-hybridized carbons (Fsp3) is 0.174. The van der Waals surface area contributed by atoms with Crippen molar-refractivity contribution in [1.82, 2.24) is 0 Å². The molecule has 12 heteroatoms. The van der Waals surface area contributed by atoms with Crippen LogP contribution in [0.5, 0.6) is 11.5 Å². The lowest BCUT2D eigenvalue weighted by Crippen LogP contribution is -2.36. The zero-order chi connectivity index (χ0) is 25.5. The number of hydrogen-bond donors (Lipinski definition) is 2. The summed E-state index contributed by atoms with van der Waals surface area (Å²) in [5.74, 6) is -4.51. The van der Waals surface area contributed by atoms with E-state index in [1.807, 2.05) is 0 Å². The Kier molecular flexibility index (Phi) is 7.66. The number of methoxy groups -OCH3 is 1. The van der Waals surface area contributed by atoms with Crippen LogP contribution in [-0.4, -0.2) is 60.5 Å². The summed E-state index contributed by atoms with van der Waals surface area (Å²) < 4.78 is 24.8. The number of aliphatic carboxylic acids is 2. The van der Waals surface area contributed by atoms with Crippen LogP contribution in [0.15, 0.2) is 57.9 Å². The summed E-state index contributed by atoms with van der Waals surface area (Å²) in [6.45, 7) is -1.26. The van der Waals surface area contributed by atoms with Crippen molar-refractivity contribution in [2.75, 3.05) is 20.3 Å². The highest BCUT2D eigenvalue weighted by Gasteiger charge is 2.29. The Morgan fingerprint density at radius 1 is 0.971 bits per heavy atom. The molecule has 1 aromatic heterocycles. The third-order valence-electron chi connectivity index (χ3n) is 4.52. The van der Waals surface area contributed by atoms with Crippen molar-refractivity contribution in [3.8, 4) is 22.6 Å². The van der Waals surface area contributed by atoms with Gasteiger partial charge in [-0.15, -0.1) is 0 Å². The molecule has 1 heterocycles. The van der Waals surface area contributed by atoms with Gasteiger partial charge < -0.3 is 33.6 Å². The van der Waals surface area contributed by atoms with Crippen molar-refractivity contribution in [2.24, 2.45) is 0 Å². The van der Waals surface area contributed by atoms with Gasteiger partial charge in [0.25, 0.3) is 6.10 Å². The quantitative estimate of drug-likeness (QED) is 0.312. The summed E-state index contributed by atoms with van der Waals surface area (Å²) in [5, 5.41) is 17.8. The number of carboxylic acids is 2. The average Bonchev–Trinajstić information content (AvgIpc) is 2.84. The second kappa shape index (κ2) is 10.8. The number of esters is 2. The number of carbonyl (C=O) groups excluding carboxylic acids is 2. The number of rotatable bonds is 10. The van der Waals surface area contributed by atoms with Crippen LogP contribution in [-0.2, 0) is 28.7 Å².